The third-order valence-corrected chi connectivity index (χ3v) is 4.92. The normalized spacial score (nSPS) is 17.0. The minimum Gasteiger partial charge on any atom is -0.341 e. The number of aromatic amines is 1. The number of piperidine rings is 1. The number of aromatic nitrogens is 2. The van der Waals surface area contributed by atoms with E-state index < -0.39 is 0 Å². The van der Waals surface area contributed by atoms with Crippen molar-refractivity contribution in [2.24, 2.45) is 0 Å². The number of hydrogen-bond donors (Lipinski definition) is 2. The second-order valence-electron chi connectivity index (χ2n) is 6.21. The molecule has 0 spiro atoms. The van der Waals surface area contributed by atoms with Gasteiger partial charge in [0.2, 0.25) is 0 Å². The fourth-order valence-electron chi connectivity index (χ4n) is 3.63. The van der Waals surface area contributed by atoms with Gasteiger partial charge in [-0.15, -0.1) is 0 Å². The standard InChI is InChI=1S/C20H21N3/c1-3-7-16(8-4-1)19-22-15-18(23-19)20(11-13-21-14-12-20)17-9-5-2-6-10-17/h1-10,15,21H,11-14H2,(H,22,23). The molecular formula is C20H21N3. The lowest BCUT2D eigenvalue weighted by atomic mass is 9.71. The molecule has 0 unspecified atom stereocenters. The van der Waals surface area contributed by atoms with Crippen LogP contribution in [0.1, 0.15) is 24.1 Å². The summed E-state index contributed by atoms with van der Waals surface area (Å²) in [5.41, 5.74) is 3.77. The highest BCUT2D eigenvalue weighted by molar-refractivity contribution is 5.55. The van der Waals surface area contributed by atoms with Crippen LogP contribution >= 0.6 is 0 Å². The summed E-state index contributed by atoms with van der Waals surface area (Å²) in [4.78, 5) is 8.26. The average Bonchev–Trinajstić information content (AvgIpc) is 3.14. The van der Waals surface area contributed by atoms with Gasteiger partial charge in [-0.1, -0.05) is 60.7 Å². The van der Waals surface area contributed by atoms with Crippen LogP contribution in [0.15, 0.2) is 66.9 Å². The molecule has 2 aromatic carbocycles. The Morgan fingerprint density at radius 2 is 1.48 bits per heavy atom. The van der Waals surface area contributed by atoms with Crippen LogP contribution in [-0.4, -0.2) is 23.1 Å². The Hall–Kier alpha value is -2.39. The molecule has 3 aromatic rings. The number of imidazole rings is 1. The molecule has 1 aliphatic rings. The zero-order valence-corrected chi connectivity index (χ0v) is 13.1. The Morgan fingerprint density at radius 3 is 2.17 bits per heavy atom. The summed E-state index contributed by atoms with van der Waals surface area (Å²) < 4.78 is 0. The van der Waals surface area contributed by atoms with Gasteiger partial charge in [0.25, 0.3) is 0 Å². The average molecular weight is 303 g/mol. The van der Waals surface area contributed by atoms with E-state index in [1.807, 2.05) is 12.3 Å². The minimum absolute atomic E-state index is 0.0343. The Balaban J connectivity index is 1.78. The molecule has 2 N–H and O–H groups in total. The SMILES string of the molecule is c1ccc(-c2ncc(C3(c4ccccc4)CCNCC3)[nH]2)cc1. The molecule has 3 nitrogen and oxygen atoms in total. The van der Waals surface area contributed by atoms with Gasteiger partial charge in [-0.05, 0) is 31.5 Å². The van der Waals surface area contributed by atoms with Crippen molar-refractivity contribution in [2.45, 2.75) is 18.3 Å². The molecule has 0 radical (unpaired) electrons. The van der Waals surface area contributed by atoms with Crippen LogP contribution in [0.25, 0.3) is 11.4 Å². The van der Waals surface area contributed by atoms with Crippen molar-refractivity contribution in [2.75, 3.05) is 13.1 Å². The number of rotatable bonds is 3. The van der Waals surface area contributed by atoms with E-state index in [9.17, 15) is 0 Å². The summed E-state index contributed by atoms with van der Waals surface area (Å²) in [7, 11) is 0. The molecule has 1 fully saturated rings. The number of benzene rings is 2. The van der Waals surface area contributed by atoms with E-state index >= 15 is 0 Å². The molecule has 116 valence electrons. The molecule has 0 amide bonds. The highest BCUT2D eigenvalue weighted by Gasteiger charge is 2.37. The topological polar surface area (TPSA) is 40.7 Å². The van der Waals surface area contributed by atoms with E-state index in [1.54, 1.807) is 0 Å². The number of H-pyrrole nitrogens is 1. The van der Waals surface area contributed by atoms with Crippen molar-refractivity contribution in [3.63, 3.8) is 0 Å². The second-order valence-corrected chi connectivity index (χ2v) is 6.21. The summed E-state index contributed by atoms with van der Waals surface area (Å²) in [5.74, 6) is 0.953. The minimum atomic E-state index is 0.0343. The van der Waals surface area contributed by atoms with Crippen LogP contribution in [-0.2, 0) is 5.41 Å². The van der Waals surface area contributed by atoms with Crippen LogP contribution < -0.4 is 5.32 Å². The molecule has 1 saturated heterocycles. The van der Waals surface area contributed by atoms with Gasteiger partial charge < -0.3 is 10.3 Å². The smallest absolute Gasteiger partial charge is 0.137 e. The summed E-state index contributed by atoms with van der Waals surface area (Å²) in [6.07, 6.45) is 4.21. The van der Waals surface area contributed by atoms with E-state index in [1.165, 1.54) is 11.3 Å². The maximum Gasteiger partial charge on any atom is 0.137 e. The molecule has 3 heteroatoms. The molecule has 0 bridgehead atoms. The van der Waals surface area contributed by atoms with Crippen molar-refractivity contribution in [3.05, 3.63) is 78.1 Å². The molecule has 0 atom stereocenters. The first-order valence-electron chi connectivity index (χ1n) is 8.26. The van der Waals surface area contributed by atoms with Crippen molar-refractivity contribution < 1.29 is 0 Å². The lowest BCUT2D eigenvalue weighted by Gasteiger charge is -2.37. The van der Waals surface area contributed by atoms with Crippen molar-refractivity contribution in [1.29, 1.82) is 0 Å². The fourth-order valence-corrected chi connectivity index (χ4v) is 3.63. The quantitative estimate of drug-likeness (QED) is 0.774. The van der Waals surface area contributed by atoms with E-state index in [-0.39, 0.29) is 5.41 Å². The maximum absolute atomic E-state index is 4.66. The Kier molecular flexibility index (Phi) is 3.72. The lowest BCUT2D eigenvalue weighted by molar-refractivity contribution is 0.355. The molecule has 0 aliphatic carbocycles. The zero-order valence-electron chi connectivity index (χ0n) is 13.1. The highest BCUT2D eigenvalue weighted by atomic mass is 14.9. The van der Waals surface area contributed by atoms with Gasteiger partial charge in [0.1, 0.15) is 5.82 Å². The van der Waals surface area contributed by atoms with Crippen molar-refractivity contribution in [3.8, 4) is 11.4 Å². The summed E-state index contributed by atoms with van der Waals surface area (Å²) in [5, 5.41) is 3.48. The van der Waals surface area contributed by atoms with Gasteiger partial charge in [0.05, 0.1) is 0 Å². The lowest BCUT2D eigenvalue weighted by Crippen LogP contribution is -2.41. The van der Waals surface area contributed by atoms with Gasteiger partial charge in [0.15, 0.2) is 0 Å². The van der Waals surface area contributed by atoms with E-state index in [0.717, 1.165) is 37.3 Å². The molecule has 1 aromatic heterocycles. The van der Waals surface area contributed by atoms with Gasteiger partial charge in [-0.2, -0.15) is 0 Å². The molecule has 23 heavy (non-hydrogen) atoms. The van der Waals surface area contributed by atoms with Crippen molar-refractivity contribution >= 4 is 0 Å². The largest absolute Gasteiger partial charge is 0.341 e. The van der Waals surface area contributed by atoms with Crippen LogP contribution in [0.4, 0.5) is 0 Å². The number of nitrogens with one attached hydrogen (secondary N) is 2. The molecular weight excluding hydrogens is 282 g/mol. The van der Waals surface area contributed by atoms with Crippen LogP contribution in [0, 0.1) is 0 Å². The van der Waals surface area contributed by atoms with Gasteiger partial charge >= 0.3 is 0 Å². The highest BCUT2D eigenvalue weighted by Crippen LogP contribution is 2.39. The Bertz CT molecular complexity index is 756. The molecule has 0 saturated carbocycles. The number of hydrogen-bond acceptors (Lipinski definition) is 2. The third kappa shape index (κ3) is 2.57. The predicted octanol–water partition coefficient (Wildman–Crippen LogP) is 3.75. The molecule has 4 rings (SSSR count). The third-order valence-electron chi connectivity index (χ3n) is 4.92. The van der Waals surface area contributed by atoms with Crippen molar-refractivity contribution in [1.82, 2.24) is 15.3 Å². The van der Waals surface area contributed by atoms with Gasteiger partial charge in [-0.25, -0.2) is 4.98 Å². The summed E-state index contributed by atoms with van der Waals surface area (Å²) in [6.45, 7) is 2.07. The van der Waals surface area contributed by atoms with Gasteiger partial charge in [-0.3, -0.25) is 0 Å². The predicted molar refractivity (Wildman–Crippen MR) is 93.3 cm³/mol. The second kappa shape index (κ2) is 6.01. The zero-order chi connectivity index (χ0) is 15.5. The Morgan fingerprint density at radius 1 is 0.826 bits per heavy atom. The molecule has 2 heterocycles. The molecule has 1 aliphatic heterocycles. The first-order chi connectivity index (χ1) is 11.4. The van der Waals surface area contributed by atoms with E-state index in [0.29, 0.717) is 0 Å². The van der Waals surface area contributed by atoms with E-state index in [4.69, 9.17) is 0 Å². The first-order valence-corrected chi connectivity index (χ1v) is 8.26. The van der Waals surface area contributed by atoms with Crippen LogP contribution in [0.2, 0.25) is 0 Å². The maximum atomic E-state index is 4.66. The summed E-state index contributed by atoms with van der Waals surface area (Å²) in [6, 6.07) is 21.2. The monoisotopic (exact) mass is 303 g/mol. The van der Waals surface area contributed by atoms with Crippen LogP contribution in [0.3, 0.4) is 0 Å². The number of nitrogens with zero attached hydrogens (tertiary/aromatic N) is 1. The fraction of sp³-hybridized carbons (Fsp3) is 0.250. The first kappa shape index (κ1) is 14.2. The van der Waals surface area contributed by atoms with Gasteiger partial charge in [0, 0.05) is 22.9 Å². The van der Waals surface area contributed by atoms with E-state index in [2.05, 4.69) is 69.9 Å². The summed E-state index contributed by atoms with van der Waals surface area (Å²) >= 11 is 0. The van der Waals surface area contributed by atoms with Crippen LogP contribution in [0.5, 0.6) is 0 Å². The Labute approximate surface area is 136 Å².